The third-order valence-electron chi connectivity index (χ3n) is 4.85. The number of hydrogen-bond donors (Lipinski definition) is 1. The van der Waals surface area contributed by atoms with Crippen LogP contribution in [0.4, 0.5) is 5.69 Å². The molecule has 1 atom stereocenters. The number of benzene rings is 2. The molecule has 1 fully saturated rings. The Morgan fingerprint density at radius 2 is 1.84 bits per heavy atom. The molecule has 4 nitrogen and oxygen atoms in total. The van der Waals surface area contributed by atoms with Gasteiger partial charge in [0.2, 0.25) is 5.91 Å². The second kappa shape index (κ2) is 7.28. The van der Waals surface area contributed by atoms with Crippen molar-refractivity contribution in [3.63, 3.8) is 0 Å². The lowest BCUT2D eigenvalue weighted by molar-refractivity contribution is -0.124. The molecule has 0 radical (unpaired) electrons. The summed E-state index contributed by atoms with van der Waals surface area (Å²) in [7, 11) is 0. The lowest BCUT2D eigenvalue weighted by Crippen LogP contribution is -2.38. The minimum Gasteiger partial charge on any atom is -0.457 e. The Kier molecular flexibility index (Phi) is 5.09. The Hall–Kier alpha value is -2.33. The maximum atomic E-state index is 12.8. The van der Waals surface area contributed by atoms with Crippen LogP contribution < -0.4 is 10.1 Å². The van der Waals surface area contributed by atoms with E-state index in [1.54, 1.807) is 0 Å². The number of nitrogens with zero attached hydrogens (tertiary/aromatic N) is 1. The average molecular weight is 338 g/mol. The van der Waals surface area contributed by atoms with Crippen LogP contribution >= 0.6 is 0 Å². The Morgan fingerprint density at radius 3 is 2.52 bits per heavy atom. The minimum atomic E-state index is -0.347. The normalized spacial score (nSPS) is 20.6. The van der Waals surface area contributed by atoms with Gasteiger partial charge in [-0.05, 0) is 58.0 Å². The standard InChI is InChI=1S/C21H26N2O2/c1-16(2)23-13-12-21(3,15-23)20(24)22-17-8-7-11-19(14-17)25-18-9-5-4-6-10-18/h4-11,14,16H,12-13,15H2,1-3H3,(H,22,24). The van der Waals surface area contributed by atoms with Gasteiger partial charge in [0.25, 0.3) is 0 Å². The summed E-state index contributed by atoms with van der Waals surface area (Å²) in [5, 5.41) is 3.06. The third kappa shape index (κ3) is 4.20. The van der Waals surface area contributed by atoms with Gasteiger partial charge < -0.3 is 10.1 Å². The average Bonchev–Trinajstić information content (AvgIpc) is 3.00. The topological polar surface area (TPSA) is 41.6 Å². The number of rotatable bonds is 5. The highest BCUT2D eigenvalue weighted by molar-refractivity contribution is 5.95. The zero-order valence-electron chi connectivity index (χ0n) is 15.2. The maximum absolute atomic E-state index is 12.8. The lowest BCUT2D eigenvalue weighted by Gasteiger charge is -2.25. The van der Waals surface area contributed by atoms with E-state index in [2.05, 4.69) is 31.0 Å². The van der Waals surface area contributed by atoms with E-state index in [-0.39, 0.29) is 11.3 Å². The molecular formula is C21H26N2O2. The van der Waals surface area contributed by atoms with Crippen LogP contribution in [0.2, 0.25) is 0 Å². The number of nitrogens with one attached hydrogen (secondary N) is 1. The van der Waals surface area contributed by atoms with E-state index < -0.39 is 0 Å². The summed E-state index contributed by atoms with van der Waals surface area (Å²) < 4.78 is 5.84. The molecule has 0 saturated carbocycles. The predicted molar refractivity (Wildman–Crippen MR) is 101 cm³/mol. The maximum Gasteiger partial charge on any atom is 0.231 e. The highest BCUT2D eigenvalue weighted by atomic mass is 16.5. The number of carbonyl (C=O) groups is 1. The number of anilines is 1. The molecule has 0 bridgehead atoms. The summed E-state index contributed by atoms with van der Waals surface area (Å²) in [6.07, 6.45) is 0.886. The molecule has 0 aliphatic carbocycles. The summed E-state index contributed by atoms with van der Waals surface area (Å²) in [6.45, 7) is 8.17. The zero-order chi connectivity index (χ0) is 17.9. The van der Waals surface area contributed by atoms with Crippen molar-refractivity contribution in [2.24, 2.45) is 5.41 Å². The smallest absolute Gasteiger partial charge is 0.231 e. The molecule has 2 aromatic carbocycles. The van der Waals surface area contributed by atoms with Crippen molar-refractivity contribution in [2.75, 3.05) is 18.4 Å². The zero-order valence-corrected chi connectivity index (χ0v) is 15.2. The van der Waals surface area contributed by atoms with E-state index in [4.69, 9.17) is 4.74 Å². The minimum absolute atomic E-state index is 0.0764. The van der Waals surface area contributed by atoms with E-state index >= 15 is 0 Å². The van der Waals surface area contributed by atoms with Crippen LogP contribution in [0, 0.1) is 5.41 Å². The van der Waals surface area contributed by atoms with Crippen molar-refractivity contribution in [2.45, 2.75) is 33.2 Å². The monoisotopic (exact) mass is 338 g/mol. The van der Waals surface area contributed by atoms with Crippen molar-refractivity contribution >= 4 is 11.6 Å². The first-order chi connectivity index (χ1) is 12.0. The first kappa shape index (κ1) is 17.5. The summed E-state index contributed by atoms with van der Waals surface area (Å²) in [4.78, 5) is 15.2. The lowest BCUT2D eigenvalue weighted by atomic mass is 9.88. The molecule has 1 saturated heterocycles. The van der Waals surface area contributed by atoms with Crippen LogP contribution in [0.15, 0.2) is 54.6 Å². The quantitative estimate of drug-likeness (QED) is 0.870. The molecule has 1 heterocycles. The predicted octanol–water partition coefficient (Wildman–Crippen LogP) is 4.54. The summed E-state index contributed by atoms with van der Waals surface area (Å²) in [6, 6.07) is 17.6. The fraction of sp³-hybridized carbons (Fsp3) is 0.381. The van der Waals surface area contributed by atoms with Crippen LogP contribution in [-0.2, 0) is 4.79 Å². The number of ether oxygens (including phenoxy) is 1. The van der Waals surface area contributed by atoms with E-state index in [0.717, 1.165) is 30.9 Å². The molecule has 1 N–H and O–H groups in total. The molecule has 0 spiro atoms. The van der Waals surface area contributed by atoms with E-state index in [9.17, 15) is 4.79 Å². The van der Waals surface area contributed by atoms with Crippen molar-refractivity contribution in [3.05, 3.63) is 54.6 Å². The summed E-state index contributed by atoms with van der Waals surface area (Å²) >= 11 is 0. The van der Waals surface area contributed by atoms with Crippen LogP contribution in [-0.4, -0.2) is 29.9 Å². The molecular weight excluding hydrogens is 312 g/mol. The molecule has 1 amide bonds. The first-order valence-corrected chi connectivity index (χ1v) is 8.85. The molecule has 1 aliphatic rings. The van der Waals surface area contributed by atoms with Crippen molar-refractivity contribution in [3.8, 4) is 11.5 Å². The van der Waals surface area contributed by atoms with Gasteiger partial charge in [0.05, 0.1) is 5.41 Å². The first-order valence-electron chi connectivity index (χ1n) is 8.85. The van der Waals surface area contributed by atoms with Gasteiger partial charge in [-0.25, -0.2) is 0 Å². The number of likely N-dealkylation sites (tertiary alicyclic amines) is 1. The van der Waals surface area contributed by atoms with E-state index in [1.807, 2.05) is 54.6 Å². The fourth-order valence-electron chi connectivity index (χ4n) is 3.17. The Morgan fingerprint density at radius 1 is 1.12 bits per heavy atom. The van der Waals surface area contributed by atoms with Crippen LogP contribution in [0.3, 0.4) is 0 Å². The number of amides is 1. The van der Waals surface area contributed by atoms with Crippen LogP contribution in [0.25, 0.3) is 0 Å². The van der Waals surface area contributed by atoms with E-state index in [1.165, 1.54) is 0 Å². The van der Waals surface area contributed by atoms with Crippen LogP contribution in [0.1, 0.15) is 27.2 Å². The second-order valence-electron chi connectivity index (χ2n) is 7.27. The fourth-order valence-corrected chi connectivity index (χ4v) is 3.17. The summed E-state index contributed by atoms with van der Waals surface area (Å²) in [5.41, 5.74) is 0.420. The van der Waals surface area contributed by atoms with Gasteiger partial charge >= 0.3 is 0 Å². The molecule has 25 heavy (non-hydrogen) atoms. The highest BCUT2D eigenvalue weighted by Gasteiger charge is 2.40. The number of para-hydroxylation sites is 1. The summed E-state index contributed by atoms with van der Waals surface area (Å²) in [5.74, 6) is 1.57. The number of carbonyl (C=O) groups excluding carboxylic acids is 1. The van der Waals surface area contributed by atoms with Crippen LogP contribution in [0.5, 0.6) is 11.5 Å². The molecule has 3 rings (SSSR count). The van der Waals surface area contributed by atoms with Gasteiger partial charge in [0, 0.05) is 24.3 Å². The highest BCUT2D eigenvalue weighted by Crippen LogP contribution is 2.33. The van der Waals surface area contributed by atoms with E-state index in [0.29, 0.717) is 11.8 Å². The van der Waals surface area contributed by atoms with Gasteiger partial charge in [0.15, 0.2) is 0 Å². The van der Waals surface area contributed by atoms with Crippen molar-refractivity contribution in [1.29, 1.82) is 0 Å². The van der Waals surface area contributed by atoms with Gasteiger partial charge in [-0.2, -0.15) is 0 Å². The molecule has 2 aromatic rings. The van der Waals surface area contributed by atoms with Crippen molar-refractivity contribution in [1.82, 2.24) is 4.90 Å². The molecule has 4 heteroatoms. The van der Waals surface area contributed by atoms with Gasteiger partial charge in [-0.1, -0.05) is 24.3 Å². The second-order valence-corrected chi connectivity index (χ2v) is 7.27. The Labute approximate surface area is 149 Å². The van der Waals surface area contributed by atoms with Gasteiger partial charge in [0.1, 0.15) is 11.5 Å². The Bertz CT molecular complexity index is 730. The molecule has 132 valence electrons. The van der Waals surface area contributed by atoms with Crippen molar-refractivity contribution < 1.29 is 9.53 Å². The largest absolute Gasteiger partial charge is 0.457 e. The molecule has 0 aromatic heterocycles. The molecule has 1 unspecified atom stereocenters. The molecule has 1 aliphatic heterocycles. The van der Waals surface area contributed by atoms with Gasteiger partial charge in [-0.3, -0.25) is 9.69 Å². The van der Waals surface area contributed by atoms with Gasteiger partial charge in [-0.15, -0.1) is 0 Å². The Balaban J connectivity index is 1.67. The number of hydrogen-bond acceptors (Lipinski definition) is 3. The SMILES string of the molecule is CC(C)N1CCC(C)(C(=O)Nc2cccc(Oc3ccccc3)c2)C1. The third-order valence-corrected chi connectivity index (χ3v) is 4.85.